The first-order chi connectivity index (χ1) is 20.6. The molecular weight excluding hydrogens is 580 g/mol. The number of benzene rings is 3. The van der Waals surface area contributed by atoms with E-state index in [1.165, 1.54) is 12.1 Å². The molecule has 1 heterocycles. The van der Waals surface area contributed by atoms with E-state index < -0.39 is 29.4 Å². The largest absolute Gasteiger partial charge is 0.416 e. The Morgan fingerprint density at radius 1 is 0.886 bits per heavy atom. The molecule has 1 amide bonds. The molecule has 1 aromatic heterocycles. The van der Waals surface area contributed by atoms with Crippen LogP contribution in [0.4, 0.5) is 26.3 Å². The van der Waals surface area contributed by atoms with Crippen LogP contribution in [-0.4, -0.2) is 15.5 Å². The Balaban J connectivity index is 2.10. The van der Waals surface area contributed by atoms with Crippen molar-refractivity contribution in [2.45, 2.75) is 39.7 Å². The quantitative estimate of drug-likeness (QED) is 0.130. The fraction of sp³-hybridized carbons (Fsp3) is 0.176. The number of allylic oxidation sites excluding steroid dienone is 4. The molecule has 0 saturated carbocycles. The van der Waals surface area contributed by atoms with Gasteiger partial charge in [-0.1, -0.05) is 60.0 Å². The number of nitrogens with two attached hydrogens (primary N) is 1. The predicted molar refractivity (Wildman–Crippen MR) is 158 cm³/mol. The van der Waals surface area contributed by atoms with Crippen LogP contribution in [-0.2, 0) is 18.9 Å². The molecule has 0 atom stereocenters. The summed E-state index contributed by atoms with van der Waals surface area (Å²) in [6, 6.07) is 14.9. The van der Waals surface area contributed by atoms with Crippen molar-refractivity contribution in [3.63, 3.8) is 0 Å². The topological polar surface area (TPSA) is 60.9 Å². The molecule has 0 saturated heterocycles. The van der Waals surface area contributed by atoms with Crippen LogP contribution < -0.4 is 5.73 Å². The molecule has 4 aromatic rings. The number of alkyl halides is 6. The number of hydrogen-bond acceptors (Lipinski definition) is 2. The van der Waals surface area contributed by atoms with E-state index in [2.05, 4.69) is 10.9 Å². The first kappa shape index (κ1) is 31.9. The number of halogens is 6. The van der Waals surface area contributed by atoms with Crippen molar-refractivity contribution in [3.8, 4) is 35.0 Å². The third-order valence-electron chi connectivity index (χ3n) is 6.90. The average molecular weight is 608 g/mol. The Morgan fingerprint density at radius 3 is 1.95 bits per heavy atom. The number of carbonyl (C=O) groups is 1. The van der Waals surface area contributed by atoms with E-state index in [1.807, 2.05) is 19.1 Å². The van der Waals surface area contributed by atoms with Gasteiger partial charge in [0.05, 0.1) is 22.5 Å². The molecular formula is C34H27F6N3O. The van der Waals surface area contributed by atoms with Gasteiger partial charge in [-0.05, 0) is 67.8 Å². The van der Waals surface area contributed by atoms with Gasteiger partial charge in [-0.15, -0.1) is 6.42 Å². The molecule has 0 aliphatic rings. The van der Waals surface area contributed by atoms with Gasteiger partial charge in [0.2, 0.25) is 5.91 Å². The maximum Gasteiger partial charge on any atom is 0.416 e. The van der Waals surface area contributed by atoms with Gasteiger partial charge in [-0.2, -0.15) is 26.3 Å². The van der Waals surface area contributed by atoms with Gasteiger partial charge in [0.1, 0.15) is 5.82 Å². The van der Waals surface area contributed by atoms with Crippen LogP contribution in [0.5, 0.6) is 0 Å². The van der Waals surface area contributed by atoms with Crippen LogP contribution in [0.25, 0.3) is 28.2 Å². The minimum atomic E-state index is -5.05. The molecule has 226 valence electrons. The number of terminal acetylenes is 1. The van der Waals surface area contributed by atoms with E-state index in [4.69, 9.17) is 12.2 Å². The second kappa shape index (κ2) is 12.3. The van der Waals surface area contributed by atoms with Crippen molar-refractivity contribution in [3.05, 3.63) is 118 Å². The Kier molecular flexibility index (Phi) is 8.91. The second-order valence-electron chi connectivity index (χ2n) is 10.3. The van der Waals surface area contributed by atoms with Crippen molar-refractivity contribution in [2.24, 2.45) is 5.73 Å². The molecule has 4 rings (SSSR count). The summed E-state index contributed by atoms with van der Waals surface area (Å²) in [5, 5.41) is 0. The van der Waals surface area contributed by atoms with Crippen molar-refractivity contribution >= 4 is 11.5 Å². The van der Waals surface area contributed by atoms with Crippen molar-refractivity contribution in [1.29, 1.82) is 0 Å². The summed E-state index contributed by atoms with van der Waals surface area (Å²) < 4.78 is 84.8. The molecule has 44 heavy (non-hydrogen) atoms. The number of hydrogen-bond donors (Lipinski definition) is 1. The van der Waals surface area contributed by atoms with Crippen LogP contribution in [0.15, 0.2) is 84.5 Å². The monoisotopic (exact) mass is 607 g/mol. The number of carbonyl (C=O) groups excluding carboxylic acids is 1. The fourth-order valence-corrected chi connectivity index (χ4v) is 4.52. The SMILES string of the molecule is C#C/C(C)=C\C=C(/C)c1nc(-c2cc(C(F)(F)F)cc(C(F)(F)F)c2)n(Cc2ccc(C(N)=O)cc2)c1-c1ccc(C)cc1. The van der Waals surface area contributed by atoms with Gasteiger partial charge < -0.3 is 10.3 Å². The molecule has 3 aromatic carbocycles. The van der Waals surface area contributed by atoms with Crippen molar-refractivity contribution < 1.29 is 31.1 Å². The molecule has 0 bridgehead atoms. The Labute approximate surface area is 250 Å². The Morgan fingerprint density at radius 2 is 1.45 bits per heavy atom. The zero-order valence-electron chi connectivity index (χ0n) is 23.9. The first-order valence-electron chi connectivity index (χ1n) is 13.3. The summed E-state index contributed by atoms with van der Waals surface area (Å²) >= 11 is 0. The number of primary amides is 1. The van der Waals surface area contributed by atoms with Crippen molar-refractivity contribution in [2.75, 3.05) is 0 Å². The summed E-state index contributed by atoms with van der Waals surface area (Å²) in [7, 11) is 0. The minimum absolute atomic E-state index is 0.00527. The van der Waals surface area contributed by atoms with E-state index in [0.29, 0.717) is 45.8 Å². The smallest absolute Gasteiger partial charge is 0.366 e. The lowest BCUT2D eigenvalue weighted by Crippen LogP contribution is -2.12. The molecule has 0 aliphatic heterocycles. The maximum atomic E-state index is 13.9. The molecule has 0 aliphatic carbocycles. The van der Waals surface area contributed by atoms with Gasteiger partial charge in [0.15, 0.2) is 0 Å². The minimum Gasteiger partial charge on any atom is -0.366 e. The van der Waals surface area contributed by atoms with Crippen molar-refractivity contribution in [1.82, 2.24) is 9.55 Å². The first-order valence-corrected chi connectivity index (χ1v) is 13.3. The normalized spacial score (nSPS) is 12.7. The van der Waals surface area contributed by atoms with Gasteiger partial charge >= 0.3 is 12.4 Å². The van der Waals surface area contributed by atoms with Gasteiger partial charge in [0.25, 0.3) is 0 Å². The number of nitrogens with zero attached hydrogens (tertiary/aromatic N) is 2. The van der Waals surface area contributed by atoms with Crippen LogP contribution in [0.3, 0.4) is 0 Å². The summed E-state index contributed by atoms with van der Waals surface area (Å²) in [4.78, 5) is 16.3. The van der Waals surface area contributed by atoms with Crippen LogP contribution in [0.2, 0.25) is 0 Å². The van der Waals surface area contributed by atoms with Crippen LogP contribution in [0.1, 0.15) is 52.2 Å². The number of rotatable bonds is 7. The van der Waals surface area contributed by atoms with E-state index in [-0.39, 0.29) is 29.6 Å². The number of aromatic nitrogens is 2. The molecule has 0 unspecified atom stereocenters. The maximum absolute atomic E-state index is 13.9. The highest BCUT2D eigenvalue weighted by atomic mass is 19.4. The van der Waals surface area contributed by atoms with Gasteiger partial charge in [-0.25, -0.2) is 4.98 Å². The molecule has 2 N–H and O–H groups in total. The third-order valence-corrected chi connectivity index (χ3v) is 6.90. The van der Waals surface area contributed by atoms with Gasteiger partial charge in [0, 0.05) is 23.2 Å². The lowest BCUT2D eigenvalue weighted by Gasteiger charge is -2.17. The van der Waals surface area contributed by atoms with E-state index >= 15 is 0 Å². The predicted octanol–water partition coefficient (Wildman–Crippen LogP) is 8.69. The standard InChI is InChI=1S/C34H27F6N3O/c1-5-20(2)6-9-22(4)29-30(24-12-7-21(3)8-13-24)43(19-23-10-14-25(15-11-23)31(41)44)32(42-29)26-16-27(33(35,36)37)18-28(17-26)34(38,39)40/h1,6-18H,19H2,2-4H3,(H2,41,44)/b20-6-,22-9+. The molecule has 0 spiro atoms. The molecule has 10 heteroatoms. The van der Waals surface area contributed by atoms with E-state index in [9.17, 15) is 31.1 Å². The van der Waals surface area contributed by atoms with Crippen LogP contribution in [0, 0.1) is 19.3 Å². The highest BCUT2D eigenvalue weighted by molar-refractivity contribution is 5.92. The highest BCUT2D eigenvalue weighted by Gasteiger charge is 2.37. The second-order valence-corrected chi connectivity index (χ2v) is 10.3. The third kappa shape index (κ3) is 7.11. The Bertz CT molecular complexity index is 1770. The van der Waals surface area contributed by atoms with E-state index in [1.54, 1.807) is 54.8 Å². The summed E-state index contributed by atoms with van der Waals surface area (Å²) in [5.74, 6) is 1.73. The number of amides is 1. The number of imidazole rings is 1. The Hall–Kier alpha value is -5.04. The summed E-state index contributed by atoms with van der Waals surface area (Å²) in [6.45, 7) is 5.32. The number of aryl methyl sites for hydroxylation is 1. The summed E-state index contributed by atoms with van der Waals surface area (Å²) in [6.07, 6.45) is -1.26. The highest BCUT2D eigenvalue weighted by Crippen LogP contribution is 2.41. The zero-order valence-corrected chi connectivity index (χ0v) is 23.9. The zero-order chi connectivity index (χ0) is 32.4. The van der Waals surface area contributed by atoms with E-state index in [0.717, 1.165) is 5.56 Å². The van der Waals surface area contributed by atoms with Gasteiger partial charge in [-0.3, -0.25) is 4.79 Å². The average Bonchev–Trinajstić information content (AvgIpc) is 3.34. The lowest BCUT2D eigenvalue weighted by atomic mass is 10.0. The lowest BCUT2D eigenvalue weighted by molar-refractivity contribution is -0.143. The van der Waals surface area contributed by atoms with Crippen LogP contribution >= 0.6 is 0 Å². The molecule has 0 fully saturated rings. The fourth-order valence-electron chi connectivity index (χ4n) is 4.52. The molecule has 0 radical (unpaired) electrons. The molecule has 4 nitrogen and oxygen atoms in total. The summed E-state index contributed by atoms with van der Waals surface area (Å²) in [5.41, 5.74) is 6.46.